The van der Waals surface area contributed by atoms with Gasteiger partial charge in [-0.25, -0.2) is 13.1 Å². The van der Waals surface area contributed by atoms with Gasteiger partial charge in [-0.1, -0.05) is 24.9 Å². The Morgan fingerprint density at radius 2 is 2.20 bits per heavy atom. The van der Waals surface area contributed by atoms with Gasteiger partial charge in [-0.15, -0.1) is 11.3 Å². The van der Waals surface area contributed by atoms with Crippen LogP contribution in [-0.4, -0.2) is 19.9 Å². The molecule has 1 fully saturated rings. The molecule has 9 heteroatoms. The molecule has 1 aliphatic rings. The van der Waals surface area contributed by atoms with Crippen LogP contribution in [0.5, 0.6) is 0 Å². The van der Waals surface area contributed by atoms with Gasteiger partial charge in [-0.3, -0.25) is 10.1 Å². The molecule has 112 valence electrons. The Bertz CT molecular complexity index is 617. The second kappa shape index (κ2) is 5.59. The Labute approximate surface area is 126 Å². The monoisotopic (exact) mass is 338 g/mol. The van der Waals surface area contributed by atoms with E-state index in [0.717, 1.165) is 31.7 Å². The maximum Gasteiger partial charge on any atom is 0.300 e. The van der Waals surface area contributed by atoms with Gasteiger partial charge in [-0.2, -0.15) is 0 Å². The third kappa shape index (κ3) is 2.98. The van der Waals surface area contributed by atoms with Crippen molar-refractivity contribution in [3.05, 3.63) is 20.5 Å². The highest BCUT2D eigenvalue weighted by Crippen LogP contribution is 2.43. The summed E-state index contributed by atoms with van der Waals surface area (Å²) in [5, 5.41) is 10.7. The highest BCUT2D eigenvalue weighted by Gasteiger charge is 2.36. The molecular formula is C11H15ClN2O4S2. The molecule has 0 spiro atoms. The summed E-state index contributed by atoms with van der Waals surface area (Å²) < 4.78 is 26.6. The predicted octanol–water partition coefficient (Wildman–Crippen LogP) is 3.17. The van der Waals surface area contributed by atoms with E-state index < -0.39 is 14.9 Å². The summed E-state index contributed by atoms with van der Waals surface area (Å²) in [5.74, 6) is 0. The van der Waals surface area contributed by atoms with E-state index in [1.165, 1.54) is 0 Å². The minimum Gasteiger partial charge on any atom is -0.258 e. The molecule has 1 aromatic heterocycles. The van der Waals surface area contributed by atoms with Crippen LogP contribution in [0.25, 0.3) is 0 Å². The molecule has 1 aliphatic carbocycles. The van der Waals surface area contributed by atoms with E-state index in [4.69, 9.17) is 11.6 Å². The lowest BCUT2D eigenvalue weighted by Gasteiger charge is -2.41. The van der Waals surface area contributed by atoms with Crippen LogP contribution < -0.4 is 4.72 Å². The van der Waals surface area contributed by atoms with Gasteiger partial charge in [0.25, 0.3) is 5.69 Å². The van der Waals surface area contributed by atoms with Gasteiger partial charge >= 0.3 is 0 Å². The van der Waals surface area contributed by atoms with Crippen molar-refractivity contribution in [3.8, 4) is 0 Å². The van der Waals surface area contributed by atoms with Gasteiger partial charge in [0.2, 0.25) is 10.0 Å². The summed E-state index contributed by atoms with van der Waals surface area (Å²) in [6.45, 7) is 2.41. The number of rotatable bonds is 6. The fourth-order valence-corrected chi connectivity index (χ4v) is 5.11. The number of nitro groups is 1. The molecule has 2 rings (SSSR count). The quantitative estimate of drug-likeness (QED) is 0.637. The van der Waals surface area contributed by atoms with Crippen LogP contribution >= 0.6 is 22.9 Å². The topological polar surface area (TPSA) is 89.3 Å². The van der Waals surface area contributed by atoms with Crippen molar-refractivity contribution in [3.63, 3.8) is 0 Å². The molecule has 0 aliphatic heterocycles. The van der Waals surface area contributed by atoms with Gasteiger partial charge in [0.1, 0.15) is 4.21 Å². The van der Waals surface area contributed by atoms with Crippen molar-refractivity contribution in [2.24, 2.45) is 5.41 Å². The van der Waals surface area contributed by atoms with Crippen molar-refractivity contribution in [2.45, 2.75) is 36.8 Å². The van der Waals surface area contributed by atoms with E-state index in [-0.39, 0.29) is 19.6 Å². The molecule has 0 atom stereocenters. The lowest BCUT2D eigenvalue weighted by molar-refractivity contribution is -0.384. The number of sulfonamides is 1. The van der Waals surface area contributed by atoms with Crippen molar-refractivity contribution in [1.29, 1.82) is 0 Å². The number of hydrogen-bond donors (Lipinski definition) is 1. The summed E-state index contributed by atoms with van der Waals surface area (Å²) >= 11 is 6.39. The van der Waals surface area contributed by atoms with Gasteiger partial charge in [-0.05, 0) is 24.7 Å². The van der Waals surface area contributed by atoms with E-state index in [9.17, 15) is 18.5 Å². The molecule has 1 saturated carbocycles. The maximum absolute atomic E-state index is 12.1. The first-order chi connectivity index (χ1) is 9.30. The zero-order chi connectivity index (χ0) is 15.0. The fourth-order valence-electron chi connectivity index (χ4n) is 2.25. The Balaban J connectivity index is 2.14. The molecule has 1 N–H and O–H groups in total. The van der Waals surface area contributed by atoms with Gasteiger partial charge in [0.05, 0.1) is 4.92 Å². The molecule has 0 saturated heterocycles. The van der Waals surface area contributed by atoms with Crippen molar-refractivity contribution in [2.75, 3.05) is 6.54 Å². The van der Waals surface area contributed by atoms with E-state index >= 15 is 0 Å². The van der Waals surface area contributed by atoms with E-state index in [1.807, 2.05) is 6.92 Å². The number of nitrogens with zero attached hydrogens (tertiary/aromatic N) is 1. The predicted molar refractivity (Wildman–Crippen MR) is 77.7 cm³/mol. The summed E-state index contributed by atoms with van der Waals surface area (Å²) in [7, 11) is -3.74. The number of thiophene rings is 1. The Morgan fingerprint density at radius 1 is 1.55 bits per heavy atom. The summed E-state index contributed by atoms with van der Waals surface area (Å²) in [6, 6.07) is 1.01. The number of hydrogen-bond acceptors (Lipinski definition) is 5. The molecule has 1 heterocycles. The van der Waals surface area contributed by atoms with E-state index in [2.05, 4.69) is 4.72 Å². The second-order valence-corrected chi connectivity index (χ2v) is 8.66. The van der Waals surface area contributed by atoms with Crippen LogP contribution in [0, 0.1) is 15.5 Å². The fraction of sp³-hybridized carbons (Fsp3) is 0.636. The minimum absolute atomic E-state index is 0.0417. The van der Waals surface area contributed by atoms with Crippen LogP contribution in [0.15, 0.2) is 10.3 Å². The first-order valence-electron chi connectivity index (χ1n) is 6.23. The molecule has 0 radical (unpaired) electrons. The van der Waals surface area contributed by atoms with Gasteiger partial charge in [0, 0.05) is 12.6 Å². The Morgan fingerprint density at radius 3 is 2.60 bits per heavy atom. The summed E-state index contributed by atoms with van der Waals surface area (Å²) in [4.78, 5) is 10.0. The first kappa shape index (κ1) is 15.7. The largest absolute Gasteiger partial charge is 0.300 e. The molecule has 0 unspecified atom stereocenters. The average Bonchev–Trinajstić information content (AvgIpc) is 2.71. The average molecular weight is 339 g/mol. The molecule has 0 bridgehead atoms. The molecule has 1 aromatic rings. The number of halogens is 1. The van der Waals surface area contributed by atoms with Gasteiger partial charge in [0.15, 0.2) is 4.34 Å². The van der Waals surface area contributed by atoms with E-state index in [1.54, 1.807) is 0 Å². The lowest BCUT2D eigenvalue weighted by atomic mass is 9.67. The normalized spacial score (nSPS) is 17.7. The molecule has 0 aromatic carbocycles. The van der Waals surface area contributed by atoms with Gasteiger partial charge < -0.3 is 0 Å². The molecule has 0 amide bonds. The summed E-state index contributed by atoms with van der Waals surface area (Å²) in [5.41, 5.74) is -0.328. The SMILES string of the molecule is CCC1(CNS(=O)(=O)c2cc([N+](=O)[O-])c(Cl)s2)CCC1. The third-order valence-electron chi connectivity index (χ3n) is 3.91. The van der Waals surface area contributed by atoms with E-state index in [0.29, 0.717) is 17.9 Å². The molecular weight excluding hydrogens is 324 g/mol. The zero-order valence-electron chi connectivity index (χ0n) is 10.9. The smallest absolute Gasteiger partial charge is 0.258 e. The maximum atomic E-state index is 12.1. The van der Waals surface area contributed by atoms with Crippen molar-refractivity contribution in [1.82, 2.24) is 4.72 Å². The lowest BCUT2D eigenvalue weighted by Crippen LogP contribution is -2.41. The standard InChI is InChI=1S/C11H15ClN2O4S2/c1-2-11(4-3-5-11)7-13-20(17,18)9-6-8(14(15)16)10(12)19-9/h6,13H,2-5,7H2,1H3. The van der Waals surface area contributed by atoms with Crippen LogP contribution in [0.2, 0.25) is 4.34 Å². The second-order valence-electron chi connectivity index (χ2n) is 5.01. The van der Waals surface area contributed by atoms with Crippen molar-refractivity contribution >= 4 is 38.6 Å². The van der Waals surface area contributed by atoms with Crippen LogP contribution in [-0.2, 0) is 10.0 Å². The number of nitrogens with one attached hydrogen (secondary N) is 1. The molecule has 20 heavy (non-hydrogen) atoms. The zero-order valence-corrected chi connectivity index (χ0v) is 13.3. The third-order valence-corrected chi connectivity index (χ3v) is 7.12. The first-order valence-corrected chi connectivity index (χ1v) is 8.91. The van der Waals surface area contributed by atoms with Crippen LogP contribution in [0.3, 0.4) is 0 Å². The van der Waals surface area contributed by atoms with Crippen molar-refractivity contribution < 1.29 is 13.3 Å². The Hall–Kier alpha value is -0.700. The highest BCUT2D eigenvalue weighted by molar-refractivity contribution is 7.91. The minimum atomic E-state index is -3.74. The Kier molecular flexibility index (Phi) is 4.38. The highest BCUT2D eigenvalue weighted by atomic mass is 35.5. The molecule has 6 nitrogen and oxygen atoms in total. The van der Waals surface area contributed by atoms with Crippen LogP contribution in [0.1, 0.15) is 32.6 Å². The van der Waals surface area contributed by atoms with Crippen LogP contribution in [0.4, 0.5) is 5.69 Å². The summed E-state index contributed by atoms with van der Waals surface area (Å²) in [6.07, 6.45) is 4.06.